The second kappa shape index (κ2) is 10.4. The maximum Gasteiger partial charge on any atom is 0.336 e. The maximum absolute atomic E-state index is 12.8. The molecule has 0 radical (unpaired) electrons. The third-order valence-electron chi connectivity index (χ3n) is 4.93. The van der Waals surface area contributed by atoms with E-state index in [4.69, 9.17) is 0 Å². The molecule has 0 aliphatic carbocycles. The molecule has 0 bridgehead atoms. The molecule has 0 saturated heterocycles. The van der Waals surface area contributed by atoms with Gasteiger partial charge in [0, 0.05) is 19.0 Å². The molecule has 6 nitrogen and oxygen atoms in total. The van der Waals surface area contributed by atoms with E-state index >= 15 is 0 Å². The summed E-state index contributed by atoms with van der Waals surface area (Å²) in [5.74, 6) is -0.232. The number of amides is 3. The van der Waals surface area contributed by atoms with Gasteiger partial charge in [0.05, 0.1) is 6.54 Å². The summed E-state index contributed by atoms with van der Waals surface area (Å²) in [6, 6.07) is 23.4. The average Bonchev–Trinajstić information content (AvgIpc) is 2.77. The molecule has 3 aromatic rings. The van der Waals surface area contributed by atoms with Crippen molar-refractivity contribution in [1.29, 1.82) is 0 Å². The summed E-state index contributed by atoms with van der Waals surface area (Å²) in [5, 5.41) is 9.57. The second-order valence-corrected chi connectivity index (χ2v) is 7.09. The average molecular weight is 405 g/mol. The highest BCUT2D eigenvalue weighted by molar-refractivity contribution is 5.84. The van der Waals surface area contributed by atoms with Gasteiger partial charge in [-0.2, -0.15) is 0 Å². The van der Waals surface area contributed by atoms with Gasteiger partial charge in [0.25, 0.3) is 0 Å². The molecule has 3 amide bonds. The van der Waals surface area contributed by atoms with Crippen LogP contribution in [0.5, 0.6) is 0 Å². The first-order chi connectivity index (χ1) is 14.6. The lowest BCUT2D eigenvalue weighted by atomic mass is 9.99. The number of carbonyl (C=O) groups is 2. The number of nitrogens with one attached hydrogen (secondary N) is 3. The Balaban J connectivity index is 1.71. The Kier molecular flexibility index (Phi) is 7.40. The first-order valence-corrected chi connectivity index (χ1v) is 10.2. The van der Waals surface area contributed by atoms with Gasteiger partial charge in [0.1, 0.15) is 0 Å². The highest BCUT2D eigenvalue weighted by Gasteiger charge is 2.20. The highest BCUT2D eigenvalue weighted by Crippen LogP contribution is 2.22. The molecule has 3 aromatic carbocycles. The number of rotatable bonds is 7. The minimum absolute atomic E-state index is 0.164. The van der Waals surface area contributed by atoms with Crippen LogP contribution in [-0.2, 0) is 11.3 Å². The molecule has 1 atom stereocenters. The predicted octanol–water partition coefficient (Wildman–Crippen LogP) is 3.75. The lowest BCUT2D eigenvalue weighted by molar-refractivity contribution is -0.125. The summed E-state index contributed by atoms with van der Waals surface area (Å²) in [6.45, 7) is 2.62. The molecule has 0 spiro atoms. The molecule has 0 aliphatic rings. The summed E-state index contributed by atoms with van der Waals surface area (Å²) < 4.78 is 0. The number of carbonyl (C=O) groups excluding carboxylic acids is 2. The minimum atomic E-state index is -0.332. The zero-order valence-corrected chi connectivity index (χ0v) is 17.4. The fourth-order valence-corrected chi connectivity index (χ4v) is 3.37. The van der Waals surface area contributed by atoms with E-state index in [1.54, 1.807) is 0 Å². The standard InChI is InChI=1S/C24H28N4O2/c1-3-26-24(30)28(17-18-9-5-4-6-10-18)27-23(29)16-22(25-2)21-14-13-19-11-7-8-12-20(19)15-21/h4-15,22,25H,3,16-17H2,1-2H3,(H,26,30)(H,27,29). The van der Waals surface area contributed by atoms with Crippen molar-refractivity contribution in [3.05, 3.63) is 83.9 Å². The van der Waals surface area contributed by atoms with Gasteiger partial charge < -0.3 is 10.6 Å². The van der Waals surface area contributed by atoms with E-state index in [0.717, 1.165) is 21.9 Å². The zero-order chi connectivity index (χ0) is 21.3. The van der Waals surface area contributed by atoms with Gasteiger partial charge >= 0.3 is 6.03 Å². The molecule has 0 saturated carbocycles. The molecule has 3 rings (SSSR count). The molecule has 1 unspecified atom stereocenters. The van der Waals surface area contributed by atoms with Crippen LogP contribution in [-0.4, -0.2) is 30.5 Å². The normalized spacial score (nSPS) is 11.7. The monoisotopic (exact) mass is 404 g/mol. The van der Waals surface area contributed by atoms with Gasteiger partial charge in [0.2, 0.25) is 5.91 Å². The third-order valence-corrected chi connectivity index (χ3v) is 4.93. The maximum atomic E-state index is 12.8. The van der Waals surface area contributed by atoms with Crippen LogP contribution in [0.1, 0.15) is 30.5 Å². The van der Waals surface area contributed by atoms with E-state index in [0.29, 0.717) is 13.1 Å². The summed E-state index contributed by atoms with van der Waals surface area (Å²) in [7, 11) is 1.83. The van der Waals surface area contributed by atoms with E-state index in [9.17, 15) is 9.59 Å². The van der Waals surface area contributed by atoms with E-state index in [2.05, 4.69) is 40.3 Å². The summed E-state index contributed by atoms with van der Waals surface area (Å²) >= 11 is 0. The van der Waals surface area contributed by atoms with Crippen molar-refractivity contribution in [2.75, 3.05) is 13.6 Å². The molecular weight excluding hydrogens is 376 g/mol. The first kappa shape index (κ1) is 21.3. The van der Waals surface area contributed by atoms with Crippen LogP contribution < -0.4 is 16.1 Å². The Morgan fingerprint density at radius 3 is 2.33 bits per heavy atom. The molecule has 3 N–H and O–H groups in total. The van der Waals surface area contributed by atoms with Crippen molar-refractivity contribution >= 4 is 22.7 Å². The van der Waals surface area contributed by atoms with Crippen molar-refractivity contribution < 1.29 is 9.59 Å². The molecule has 0 heterocycles. The summed E-state index contributed by atoms with van der Waals surface area (Å²) in [6.07, 6.45) is 0.208. The molecule has 30 heavy (non-hydrogen) atoms. The fourth-order valence-electron chi connectivity index (χ4n) is 3.37. The van der Waals surface area contributed by atoms with Crippen molar-refractivity contribution in [3.63, 3.8) is 0 Å². The number of hydrazine groups is 1. The second-order valence-electron chi connectivity index (χ2n) is 7.09. The van der Waals surface area contributed by atoms with Gasteiger partial charge in [-0.3, -0.25) is 10.2 Å². The lowest BCUT2D eigenvalue weighted by Crippen LogP contribution is -2.50. The number of urea groups is 1. The highest BCUT2D eigenvalue weighted by atomic mass is 16.2. The number of nitrogens with zero attached hydrogens (tertiary/aromatic N) is 1. The van der Waals surface area contributed by atoms with Gasteiger partial charge in [-0.15, -0.1) is 0 Å². The van der Waals surface area contributed by atoms with E-state index in [1.165, 1.54) is 5.01 Å². The van der Waals surface area contributed by atoms with Gasteiger partial charge in [-0.25, -0.2) is 9.80 Å². The Morgan fingerprint density at radius 2 is 1.63 bits per heavy atom. The van der Waals surface area contributed by atoms with Crippen LogP contribution >= 0.6 is 0 Å². The van der Waals surface area contributed by atoms with Crippen LogP contribution in [0.25, 0.3) is 10.8 Å². The lowest BCUT2D eigenvalue weighted by Gasteiger charge is -2.25. The van der Waals surface area contributed by atoms with Crippen molar-refractivity contribution in [3.8, 4) is 0 Å². The largest absolute Gasteiger partial charge is 0.337 e. The zero-order valence-electron chi connectivity index (χ0n) is 17.4. The number of hydrogen-bond donors (Lipinski definition) is 3. The molecule has 0 aromatic heterocycles. The smallest absolute Gasteiger partial charge is 0.336 e. The van der Waals surface area contributed by atoms with E-state index < -0.39 is 0 Å². The van der Waals surface area contributed by atoms with Gasteiger partial charge in [-0.1, -0.05) is 66.7 Å². The molecule has 6 heteroatoms. The third kappa shape index (κ3) is 5.58. The number of benzene rings is 3. The Labute approximate surface area is 177 Å². The number of fused-ring (bicyclic) bond motifs is 1. The fraction of sp³-hybridized carbons (Fsp3) is 0.250. The van der Waals surface area contributed by atoms with Crippen LogP contribution in [0.4, 0.5) is 4.79 Å². The molecule has 0 aliphatic heterocycles. The summed E-state index contributed by atoms with van der Waals surface area (Å²) in [4.78, 5) is 25.2. The Bertz CT molecular complexity index is 991. The van der Waals surface area contributed by atoms with Crippen LogP contribution in [0.3, 0.4) is 0 Å². The number of hydrogen-bond acceptors (Lipinski definition) is 3. The van der Waals surface area contributed by atoms with Crippen LogP contribution in [0, 0.1) is 0 Å². The first-order valence-electron chi connectivity index (χ1n) is 10.2. The van der Waals surface area contributed by atoms with E-state index in [-0.39, 0.29) is 24.4 Å². The Morgan fingerprint density at radius 1 is 0.933 bits per heavy atom. The Hall–Kier alpha value is -3.38. The van der Waals surface area contributed by atoms with Crippen molar-refractivity contribution in [1.82, 2.24) is 21.1 Å². The van der Waals surface area contributed by atoms with Crippen LogP contribution in [0.2, 0.25) is 0 Å². The van der Waals surface area contributed by atoms with Gasteiger partial charge in [-0.05, 0) is 41.9 Å². The quantitative estimate of drug-likeness (QED) is 0.525. The summed E-state index contributed by atoms with van der Waals surface area (Å²) in [5.41, 5.74) is 4.73. The minimum Gasteiger partial charge on any atom is -0.337 e. The van der Waals surface area contributed by atoms with Crippen molar-refractivity contribution in [2.45, 2.75) is 25.9 Å². The van der Waals surface area contributed by atoms with Gasteiger partial charge in [0.15, 0.2) is 0 Å². The van der Waals surface area contributed by atoms with E-state index in [1.807, 2.05) is 62.5 Å². The predicted molar refractivity (Wildman–Crippen MR) is 120 cm³/mol. The topological polar surface area (TPSA) is 73.5 Å². The van der Waals surface area contributed by atoms with Crippen molar-refractivity contribution in [2.24, 2.45) is 0 Å². The molecule has 156 valence electrons. The van der Waals surface area contributed by atoms with Crippen LogP contribution in [0.15, 0.2) is 72.8 Å². The molecule has 0 fully saturated rings. The molecular formula is C24H28N4O2. The SMILES string of the molecule is CCNC(=O)N(Cc1ccccc1)NC(=O)CC(NC)c1ccc2ccccc2c1.